The van der Waals surface area contributed by atoms with E-state index in [4.69, 9.17) is 0 Å². The first-order chi connectivity index (χ1) is 12.0. The monoisotopic (exact) mass is 390 g/mol. The van der Waals surface area contributed by atoms with Gasteiger partial charge in [-0.3, -0.25) is 0 Å². The number of rotatable bonds is 5. The molecule has 25 heavy (non-hydrogen) atoms. The van der Waals surface area contributed by atoms with Gasteiger partial charge in [-0.2, -0.15) is 0 Å². The summed E-state index contributed by atoms with van der Waals surface area (Å²) in [6.07, 6.45) is 1.24. The second-order valence-electron chi connectivity index (χ2n) is 8.06. The van der Waals surface area contributed by atoms with Gasteiger partial charge in [-0.25, -0.2) is 0 Å². The number of hydrogen-bond donors (Lipinski definition) is 0. The van der Waals surface area contributed by atoms with E-state index in [0.717, 1.165) is 0 Å². The summed E-state index contributed by atoms with van der Waals surface area (Å²) in [5.74, 6) is 0. The Balaban J connectivity index is 2.24. The topological polar surface area (TPSA) is 0 Å². The van der Waals surface area contributed by atoms with Crippen LogP contribution in [0.3, 0.4) is 0 Å². The molecule has 0 unspecified atom stereocenters. The summed E-state index contributed by atoms with van der Waals surface area (Å²) < 4.78 is 4.68. The fraction of sp³-hybridized carbons (Fsp3) is 0.250. The van der Waals surface area contributed by atoms with E-state index in [1.165, 1.54) is 11.7 Å². The summed E-state index contributed by atoms with van der Waals surface area (Å²) in [5, 5.41) is 1.28. The van der Waals surface area contributed by atoms with Crippen molar-refractivity contribution in [2.75, 3.05) is 0 Å². The molecule has 0 spiro atoms. The molecule has 0 radical (unpaired) electrons. The fourth-order valence-electron chi connectivity index (χ4n) is 3.66. The van der Waals surface area contributed by atoms with E-state index in [2.05, 4.69) is 112 Å². The van der Waals surface area contributed by atoms with E-state index < -0.39 is 13.3 Å². The zero-order valence-electron chi connectivity index (χ0n) is 15.6. The Hall–Kier alpha value is -1.80. The van der Waals surface area contributed by atoms with Crippen molar-refractivity contribution < 1.29 is 0 Å². The Morgan fingerprint density at radius 1 is 0.560 bits per heavy atom. The van der Waals surface area contributed by atoms with E-state index in [1.54, 1.807) is 13.2 Å². The SMILES string of the molecule is CC(C)(C)C[CH2][Ge]([c]1ccccc1)([c]1ccccc1)[c]1ccccc1. The Morgan fingerprint density at radius 2 is 0.880 bits per heavy atom. The van der Waals surface area contributed by atoms with Crippen LogP contribution in [-0.2, 0) is 0 Å². The van der Waals surface area contributed by atoms with Crippen molar-refractivity contribution in [3.63, 3.8) is 0 Å². The molecule has 0 amide bonds. The van der Waals surface area contributed by atoms with Crippen LogP contribution in [0.15, 0.2) is 91.0 Å². The molecule has 0 fully saturated rings. The second kappa shape index (κ2) is 7.62. The molecule has 128 valence electrons. The summed E-state index contributed by atoms with van der Waals surface area (Å²) >= 11 is -2.71. The van der Waals surface area contributed by atoms with Gasteiger partial charge >= 0.3 is 155 Å². The minimum absolute atomic E-state index is 0.342. The van der Waals surface area contributed by atoms with Crippen LogP contribution in [0.4, 0.5) is 0 Å². The van der Waals surface area contributed by atoms with Gasteiger partial charge in [0.05, 0.1) is 0 Å². The molecule has 1 heteroatoms. The summed E-state index contributed by atoms with van der Waals surface area (Å²) in [6.45, 7) is 7.09. The van der Waals surface area contributed by atoms with Crippen LogP contribution in [0.1, 0.15) is 27.2 Å². The van der Waals surface area contributed by atoms with Gasteiger partial charge in [-0.15, -0.1) is 0 Å². The Morgan fingerprint density at radius 3 is 1.16 bits per heavy atom. The zero-order valence-corrected chi connectivity index (χ0v) is 17.7. The van der Waals surface area contributed by atoms with Crippen molar-refractivity contribution in [3.05, 3.63) is 91.0 Å². The van der Waals surface area contributed by atoms with E-state index >= 15 is 0 Å². The molecule has 3 aromatic rings. The molecular formula is C24H28Ge. The Bertz CT molecular complexity index is 674. The first-order valence-corrected chi connectivity index (χ1v) is 13.8. The van der Waals surface area contributed by atoms with E-state index in [-0.39, 0.29) is 0 Å². The van der Waals surface area contributed by atoms with Crippen LogP contribution in [0, 0.1) is 5.41 Å². The molecule has 0 aliphatic heterocycles. The molecule has 0 aliphatic carbocycles. The molecule has 0 saturated carbocycles. The molecular weight excluding hydrogens is 361 g/mol. The van der Waals surface area contributed by atoms with E-state index in [1.807, 2.05) is 0 Å². The quantitative estimate of drug-likeness (QED) is 0.560. The molecule has 0 nitrogen and oxygen atoms in total. The van der Waals surface area contributed by atoms with Gasteiger partial charge in [-0.05, 0) is 0 Å². The minimum atomic E-state index is -2.71. The molecule has 0 saturated heterocycles. The average Bonchev–Trinajstić information content (AvgIpc) is 2.64. The normalized spacial score (nSPS) is 12.1. The van der Waals surface area contributed by atoms with Crippen LogP contribution in [-0.4, -0.2) is 13.3 Å². The molecule has 3 aromatic carbocycles. The van der Waals surface area contributed by atoms with Crippen molar-refractivity contribution in [1.82, 2.24) is 0 Å². The van der Waals surface area contributed by atoms with Gasteiger partial charge in [0, 0.05) is 0 Å². The maximum atomic E-state index is 2.36. The van der Waals surface area contributed by atoms with Crippen molar-refractivity contribution in [2.45, 2.75) is 32.4 Å². The van der Waals surface area contributed by atoms with Crippen LogP contribution in [0.2, 0.25) is 5.25 Å². The van der Waals surface area contributed by atoms with Crippen molar-refractivity contribution in [2.24, 2.45) is 5.41 Å². The summed E-state index contributed by atoms with van der Waals surface area (Å²) in [4.78, 5) is 0. The van der Waals surface area contributed by atoms with Crippen LogP contribution in [0.5, 0.6) is 0 Å². The van der Waals surface area contributed by atoms with Gasteiger partial charge in [-0.1, -0.05) is 0 Å². The number of hydrogen-bond acceptors (Lipinski definition) is 0. The standard InChI is InChI=1S/C24H28Ge/c1-24(2,3)19-20-25(21-13-7-4-8-14-21,22-15-9-5-10-16-22)23-17-11-6-12-18-23/h4-18H,19-20H2,1-3H3. The molecule has 0 aromatic heterocycles. The molecule has 0 bridgehead atoms. The van der Waals surface area contributed by atoms with Gasteiger partial charge in [0.2, 0.25) is 0 Å². The first-order valence-electron chi connectivity index (χ1n) is 9.19. The molecule has 0 heterocycles. The first kappa shape index (κ1) is 18.0. The van der Waals surface area contributed by atoms with Gasteiger partial charge in [0.15, 0.2) is 0 Å². The molecule has 0 aliphatic rings. The third-order valence-electron chi connectivity index (χ3n) is 5.05. The molecule has 3 rings (SSSR count). The molecule has 0 N–H and O–H groups in total. The zero-order chi connectivity index (χ0) is 17.8. The molecule has 0 atom stereocenters. The fourth-order valence-corrected chi connectivity index (χ4v) is 14.7. The predicted molar refractivity (Wildman–Crippen MR) is 113 cm³/mol. The van der Waals surface area contributed by atoms with Gasteiger partial charge in [0.1, 0.15) is 0 Å². The van der Waals surface area contributed by atoms with Crippen molar-refractivity contribution in [3.8, 4) is 0 Å². The van der Waals surface area contributed by atoms with Crippen LogP contribution < -0.4 is 13.2 Å². The van der Waals surface area contributed by atoms with Crippen molar-refractivity contribution >= 4 is 26.5 Å². The van der Waals surface area contributed by atoms with Crippen LogP contribution >= 0.6 is 0 Å². The third-order valence-corrected chi connectivity index (χ3v) is 15.4. The maximum absolute atomic E-state index is 2.71. The van der Waals surface area contributed by atoms with Crippen molar-refractivity contribution in [1.29, 1.82) is 0 Å². The van der Waals surface area contributed by atoms with Gasteiger partial charge < -0.3 is 0 Å². The number of benzene rings is 3. The predicted octanol–water partition coefficient (Wildman–Crippen LogP) is 4.59. The van der Waals surface area contributed by atoms with E-state index in [0.29, 0.717) is 5.41 Å². The Kier molecular flexibility index (Phi) is 5.49. The van der Waals surface area contributed by atoms with Gasteiger partial charge in [0.25, 0.3) is 0 Å². The summed E-state index contributed by atoms with van der Waals surface area (Å²) in [6, 6.07) is 33.8. The second-order valence-corrected chi connectivity index (χ2v) is 16.5. The van der Waals surface area contributed by atoms with Crippen LogP contribution in [0.25, 0.3) is 0 Å². The Labute approximate surface area is 155 Å². The summed E-state index contributed by atoms with van der Waals surface area (Å²) in [5.41, 5.74) is 0.342. The third kappa shape index (κ3) is 4.07. The average molecular weight is 389 g/mol. The summed E-state index contributed by atoms with van der Waals surface area (Å²) in [7, 11) is 0. The van der Waals surface area contributed by atoms with E-state index in [9.17, 15) is 0 Å².